The van der Waals surface area contributed by atoms with E-state index in [1.54, 1.807) is 30.2 Å². The highest BCUT2D eigenvalue weighted by Crippen LogP contribution is 2.18. The van der Waals surface area contributed by atoms with E-state index in [0.717, 1.165) is 17.8 Å². The highest BCUT2D eigenvalue weighted by Gasteiger charge is 2.24. The van der Waals surface area contributed by atoms with Gasteiger partial charge in [-0.25, -0.2) is 4.99 Å². The van der Waals surface area contributed by atoms with E-state index in [4.69, 9.17) is 0 Å². The molecule has 1 unspecified atom stereocenters. The van der Waals surface area contributed by atoms with Gasteiger partial charge >= 0.3 is 0 Å². The van der Waals surface area contributed by atoms with Crippen molar-refractivity contribution in [2.75, 3.05) is 13.1 Å². The Morgan fingerprint density at radius 2 is 2.26 bits per heavy atom. The molecule has 0 saturated heterocycles. The maximum atomic E-state index is 10.6. The average Bonchev–Trinajstić information content (AvgIpc) is 3.13. The molecule has 0 aromatic carbocycles. The Morgan fingerprint density at radius 1 is 1.48 bits per heavy atom. The zero-order chi connectivity index (χ0) is 16.0. The average molecular weight is 433 g/mol. The predicted molar refractivity (Wildman–Crippen MR) is 99.6 cm³/mol. The van der Waals surface area contributed by atoms with Crippen molar-refractivity contribution >= 4 is 29.9 Å². The summed E-state index contributed by atoms with van der Waals surface area (Å²) in [6.07, 6.45) is 5.16. The first-order chi connectivity index (χ1) is 10.5. The highest BCUT2D eigenvalue weighted by molar-refractivity contribution is 14.0. The second-order valence-corrected chi connectivity index (χ2v) is 5.31. The number of aliphatic hydroxyl groups is 1. The van der Waals surface area contributed by atoms with E-state index in [-0.39, 0.29) is 24.0 Å². The third kappa shape index (κ3) is 5.82. The summed E-state index contributed by atoms with van der Waals surface area (Å²) in [5.74, 6) is 0.640. The summed E-state index contributed by atoms with van der Waals surface area (Å²) in [4.78, 5) is 4.45. The molecular weight excluding hydrogens is 409 g/mol. The van der Waals surface area contributed by atoms with Crippen molar-refractivity contribution in [3.63, 3.8) is 0 Å². The molecular formula is C14H24IN7O. The third-order valence-electron chi connectivity index (χ3n) is 3.24. The van der Waals surface area contributed by atoms with Gasteiger partial charge in [0.25, 0.3) is 0 Å². The molecule has 0 saturated carbocycles. The fraction of sp³-hybridized carbons (Fsp3) is 0.500. The molecule has 2 rings (SSSR count). The van der Waals surface area contributed by atoms with Crippen LogP contribution >= 0.6 is 24.0 Å². The lowest BCUT2D eigenvalue weighted by Gasteiger charge is -2.23. The van der Waals surface area contributed by atoms with Gasteiger partial charge in [-0.1, -0.05) is 0 Å². The number of aryl methyl sites for hydroxylation is 1. The monoisotopic (exact) mass is 433 g/mol. The fourth-order valence-corrected chi connectivity index (χ4v) is 1.94. The molecule has 128 valence electrons. The summed E-state index contributed by atoms with van der Waals surface area (Å²) >= 11 is 0. The molecule has 0 amide bonds. The molecule has 0 fully saturated rings. The third-order valence-corrected chi connectivity index (χ3v) is 3.24. The standard InChI is InChI=1S/C14H23N7O.HI/c1-4-15-13(16-8-12-5-6-18-20-12)17-10-14(2,22)11-7-19-21(3)9-11;/h5-7,9,22H,4,8,10H2,1-3H3,(H,18,20)(H2,15,16,17);1H. The summed E-state index contributed by atoms with van der Waals surface area (Å²) in [5, 5.41) is 27.7. The number of aromatic nitrogens is 4. The smallest absolute Gasteiger partial charge is 0.191 e. The topological polar surface area (TPSA) is 103 Å². The Balaban J connectivity index is 0.00000264. The van der Waals surface area contributed by atoms with E-state index in [9.17, 15) is 5.11 Å². The summed E-state index contributed by atoms with van der Waals surface area (Å²) in [5.41, 5.74) is 0.654. The van der Waals surface area contributed by atoms with E-state index in [1.807, 2.05) is 20.0 Å². The van der Waals surface area contributed by atoms with E-state index >= 15 is 0 Å². The normalized spacial score (nSPS) is 14.0. The van der Waals surface area contributed by atoms with Crippen LogP contribution in [-0.2, 0) is 19.2 Å². The number of guanidine groups is 1. The van der Waals surface area contributed by atoms with Crippen LogP contribution < -0.4 is 10.6 Å². The van der Waals surface area contributed by atoms with Crippen LogP contribution in [0.15, 0.2) is 29.6 Å². The van der Waals surface area contributed by atoms with Gasteiger partial charge in [0.2, 0.25) is 0 Å². The van der Waals surface area contributed by atoms with Crippen molar-refractivity contribution < 1.29 is 5.11 Å². The van der Waals surface area contributed by atoms with E-state index in [0.29, 0.717) is 19.0 Å². The Kier molecular flexibility index (Phi) is 7.49. The molecule has 0 aliphatic heterocycles. The van der Waals surface area contributed by atoms with Crippen LogP contribution in [-0.4, -0.2) is 44.1 Å². The maximum absolute atomic E-state index is 10.6. The van der Waals surface area contributed by atoms with Crippen LogP contribution in [0.25, 0.3) is 0 Å². The molecule has 0 spiro atoms. The number of rotatable bonds is 6. The molecule has 9 heteroatoms. The van der Waals surface area contributed by atoms with Gasteiger partial charge in [0.15, 0.2) is 5.96 Å². The minimum atomic E-state index is -1.03. The molecule has 8 nitrogen and oxygen atoms in total. The van der Waals surface area contributed by atoms with Gasteiger partial charge in [-0.15, -0.1) is 24.0 Å². The van der Waals surface area contributed by atoms with Crippen LogP contribution in [0.2, 0.25) is 0 Å². The van der Waals surface area contributed by atoms with Gasteiger partial charge in [0.05, 0.1) is 25.0 Å². The molecule has 2 aromatic rings. The first-order valence-electron chi connectivity index (χ1n) is 7.23. The van der Waals surface area contributed by atoms with Crippen molar-refractivity contribution in [2.45, 2.75) is 26.0 Å². The minimum Gasteiger partial charge on any atom is -0.383 e. The molecule has 0 aliphatic carbocycles. The van der Waals surface area contributed by atoms with Crippen molar-refractivity contribution in [3.8, 4) is 0 Å². The van der Waals surface area contributed by atoms with E-state index in [1.165, 1.54) is 0 Å². The number of H-pyrrole nitrogens is 1. The number of hydrogen-bond acceptors (Lipinski definition) is 4. The van der Waals surface area contributed by atoms with Crippen LogP contribution in [0, 0.1) is 0 Å². The molecule has 4 N–H and O–H groups in total. The van der Waals surface area contributed by atoms with Crippen LogP contribution in [0.1, 0.15) is 25.1 Å². The number of nitrogens with one attached hydrogen (secondary N) is 3. The molecule has 2 aromatic heterocycles. The Labute approximate surface area is 152 Å². The van der Waals surface area contributed by atoms with Gasteiger partial charge in [0.1, 0.15) is 5.60 Å². The summed E-state index contributed by atoms with van der Waals surface area (Å²) in [7, 11) is 1.82. The number of aromatic amines is 1. The second kappa shape index (κ2) is 8.87. The van der Waals surface area contributed by atoms with Crippen LogP contribution in [0.4, 0.5) is 0 Å². The van der Waals surface area contributed by atoms with Crippen molar-refractivity contribution in [2.24, 2.45) is 12.0 Å². The van der Waals surface area contributed by atoms with Crippen molar-refractivity contribution in [1.82, 2.24) is 30.6 Å². The lowest BCUT2D eigenvalue weighted by atomic mass is 10.00. The molecule has 1 atom stereocenters. The summed E-state index contributed by atoms with van der Waals surface area (Å²) < 4.78 is 1.67. The van der Waals surface area contributed by atoms with Gasteiger partial charge in [-0.3, -0.25) is 9.78 Å². The van der Waals surface area contributed by atoms with Gasteiger partial charge in [0, 0.05) is 31.5 Å². The van der Waals surface area contributed by atoms with Crippen LogP contribution in [0.3, 0.4) is 0 Å². The fourth-order valence-electron chi connectivity index (χ4n) is 1.94. The Morgan fingerprint density at radius 3 is 2.83 bits per heavy atom. The SMILES string of the molecule is CCNC(=NCc1ccn[nH]1)NCC(C)(O)c1cnn(C)c1.I. The number of nitrogens with zero attached hydrogens (tertiary/aromatic N) is 4. The first-order valence-corrected chi connectivity index (χ1v) is 7.23. The van der Waals surface area contributed by atoms with E-state index in [2.05, 4.69) is 30.9 Å². The molecule has 23 heavy (non-hydrogen) atoms. The minimum absolute atomic E-state index is 0. The van der Waals surface area contributed by atoms with Crippen molar-refractivity contribution in [1.29, 1.82) is 0 Å². The van der Waals surface area contributed by atoms with Crippen LogP contribution in [0.5, 0.6) is 0 Å². The summed E-state index contributed by atoms with van der Waals surface area (Å²) in [6.45, 7) is 5.30. The van der Waals surface area contributed by atoms with Crippen molar-refractivity contribution in [3.05, 3.63) is 35.9 Å². The zero-order valence-corrected chi connectivity index (χ0v) is 15.9. The predicted octanol–water partition coefficient (Wildman–Crippen LogP) is 0.724. The quantitative estimate of drug-likeness (QED) is 0.306. The van der Waals surface area contributed by atoms with Gasteiger partial charge in [-0.2, -0.15) is 10.2 Å². The Bertz CT molecular complexity index is 606. The second-order valence-electron chi connectivity index (χ2n) is 5.31. The zero-order valence-electron chi connectivity index (χ0n) is 13.6. The van der Waals surface area contributed by atoms with E-state index < -0.39 is 5.60 Å². The largest absolute Gasteiger partial charge is 0.383 e. The number of hydrogen-bond donors (Lipinski definition) is 4. The number of halogens is 1. The maximum Gasteiger partial charge on any atom is 0.191 e. The Hall–Kier alpha value is -1.62. The molecule has 0 bridgehead atoms. The lowest BCUT2D eigenvalue weighted by Crippen LogP contribution is -2.44. The first kappa shape index (κ1) is 19.4. The number of aliphatic imine (C=N–C) groups is 1. The lowest BCUT2D eigenvalue weighted by molar-refractivity contribution is 0.0616. The summed E-state index contributed by atoms with van der Waals surface area (Å²) in [6, 6.07) is 1.87. The van der Waals surface area contributed by atoms with Gasteiger partial charge < -0.3 is 15.7 Å². The molecule has 2 heterocycles. The molecule has 0 radical (unpaired) electrons. The highest BCUT2D eigenvalue weighted by atomic mass is 127. The molecule has 0 aliphatic rings. The van der Waals surface area contributed by atoms with Gasteiger partial charge in [-0.05, 0) is 19.9 Å².